The zero-order chi connectivity index (χ0) is 13.0. The highest BCUT2D eigenvalue weighted by molar-refractivity contribution is 7.15. The maximum atomic E-state index is 11.3. The minimum Gasteiger partial charge on any atom is -0.469 e. The van der Waals surface area contributed by atoms with E-state index in [1.165, 1.54) is 20.0 Å². The number of carbonyl (C=O) groups excluding carboxylic acids is 1. The van der Waals surface area contributed by atoms with Gasteiger partial charge in [0.05, 0.1) is 7.11 Å². The summed E-state index contributed by atoms with van der Waals surface area (Å²) in [5.41, 5.74) is 0. The Balaban J connectivity index is 1.83. The van der Waals surface area contributed by atoms with Crippen LogP contribution in [0.2, 0.25) is 5.15 Å². The molecule has 0 radical (unpaired) electrons. The Morgan fingerprint density at radius 1 is 1.50 bits per heavy atom. The highest BCUT2D eigenvalue weighted by Crippen LogP contribution is 2.29. The van der Waals surface area contributed by atoms with Gasteiger partial charge in [-0.15, -0.1) is 0 Å². The van der Waals surface area contributed by atoms with Gasteiger partial charge in [0.25, 0.3) is 5.19 Å². The molecule has 0 spiro atoms. The zero-order valence-electron chi connectivity index (χ0n) is 10.1. The van der Waals surface area contributed by atoms with Gasteiger partial charge in [0.2, 0.25) is 0 Å². The maximum absolute atomic E-state index is 11.3. The number of aromatic nitrogens is 1. The first-order chi connectivity index (χ1) is 8.70. The average Bonchev–Trinajstić information content (AvgIpc) is 2.98. The number of rotatable bonds is 5. The van der Waals surface area contributed by atoms with Gasteiger partial charge in [0.15, 0.2) is 10.0 Å². The summed E-state index contributed by atoms with van der Waals surface area (Å²) in [6.07, 6.45) is 2.52. The van der Waals surface area contributed by atoms with Gasteiger partial charge in [0, 0.05) is 6.54 Å². The molecule has 100 valence electrons. The van der Waals surface area contributed by atoms with Crippen molar-refractivity contribution in [2.45, 2.75) is 12.8 Å². The Hall–Kier alpha value is -0.850. The quantitative estimate of drug-likeness (QED) is 0.777. The van der Waals surface area contributed by atoms with Gasteiger partial charge in [-0.05, 0) is 25.9 Å². The molecule has 0 aromatic carbocycles. The van der Waals surface area contributed by atoms with Crippen molar-refractivity contribution < 1.29 is 14.3 Å². The minimum atomic E-state index is -0.480. The number of ether oxygens (including phenoxy) is 2. The van der Waals surface area contributed by atoms with Crippen molar-refractivity contribution in [3.8, 4) is 5.19 Å². The highest BCUT2D eigenvalue weighted by Gasteiger charge is 2.18. The lowest BCUT2D eigenvalue weighted by molar-refractivity contribution is 0.0606. The molecule has 0 unspecified atom stereocenters. The molecular formula is C11H15ClN2O3S. The maximum Gasteiger partial charge on any atom is 0.351 e. The standard InChI is InChI=1S/C11H15ClN2O3S/c1-16-10(15)8-9(12)13-11(18-8)17-7-6-14-4-2-3-5-14/h2-7H2,1H3. The molecule has 2 heterocycles. The van der Waals surface area contributed by atoms with Crippen LogP contribution in [-0.2, 0) is 4.74 Å². The minimum absolute atomic E-state index is 0.142. The van der Waals surface area contributed by atoms with Crippen molar-refractivity contribution in [1.82, 2.24) is 9.88 Å². The SMILES string of the molecule is COC(=O)c1sc(OCCN2CCCC2)nc1Cl. The molecule has 0 amide bonds. The van der Waals surface area contributed by atoms with E-state index in [-0.39, 0.29) is 10.0 Å². The van der Waals surface area contributed by atoms with Crippen molar-refractivity contribution in [2.24, 2.45) is 0 Å². The first kappa shape index (κ1) is 13.6. The van der Waals surface area contributed by atoms with Crippen molar-refractivity contribution >= 4 is 28.9 Å². The Morgan fingerprint density at radius 3 is 2.89 bits per heavy atom. The molecule has 0 N–H and O–H groups in total. The smallest absolute Gasteiger partial charge is 0.351 e. The number of methoxy groups -OCH3 is 1. The monoisotopic (exact) mass is 290 g/mol. The van der Waals surface area contributed by atoms with Crippen LogP contribution in [0.5, 0.6) is 5.19 Å². The molecule has 2 rings (SSSR count). The fraction of sp³-hybridized carbons (Fsp3) is 0.636. The predicted molar refractivity (Wildman–Crippen MR) is 69.6 cm³/mol. The first-order valence-corrected chi connectivity index (χ1v) is 7.00. The lowest BCUT2D eigenvalue weighted by atomic mass is 10.4. The summed E-state index contributed by atoms with van der Waals surface area (Å²) in [4.78, 5) is 17.9. The van der Waals surface area contributed by atoms with Crippen LogP contribution >= 0.6 is 22.9 Å². The second-order valence-electron chi connectivity index (χ2n) is 3.99. The van der Waals surface area contributed by atoms with Gasteiger partial charge in [-0.3, -0.25) is 4.90 Å². The molecule has 1 fully saturated rings. The number of hydrogen-bond acceptors (Lipinski definition) is 6. The average molecular weight is 291 g/mol. The van der Waals surface area contributed by atoms with Crippen molar-refractivity contribution in [3.63, 3.8) is 0 Å². The molecular weight excluding hydrogens is 276 g/mol. The molecule has 18 heavy (non-hydrogen) atoms. The van der Waals surface area contributed by atoms with E-state index in [0.717, 1.165) is 31.0 Å². The molecule has 1 aromatic heterocycles. The van der Waals surface area contributed by atoms with E-state index in [0.29, 0.717) is 11.8 Å². The second-order valence-corrected chi connectivity index (χ2v) is 5.31. The molecule has 1 aliphatic rings. The third kappa shape index (κ3) is 3.34. The summed E-state index contributed by atoms with van der Waals surface area (Å²) in [5, 5.41) is 0.558. The summed E-state index contributed by atoms with van der Waals surface area (Å²) < 4.78 is 10.1. The van der Waals surface area contributed by atoms with Gasteiger partial charge in [-0.2, -0.15) is 4.98 Å². The van der Waals surface area contributed by atoms with Crippen LogP contribution in [0.3, 0.4) is 0 Å². The van der Waals surface area contributed by atoms with Gasteiger partial charge in [-0.25, -0.2) is 4.79 Å². The van der Waals surface area contributed by atoms with Gasteiger partial charge < -0.3 is 9.47 Å². The fourth-order valence-electron chi connectivity index (χ4n) is 1.83. The topological polar surface area (TPSA) is 51.7 Å². The Bertz CT molecular complexity index is 418. The van der Waals surface area contributed by atoms with Crippen LogP contribution < -0.4 is 4.74 Å². The summed E-state index contributed by atoms with van der Waals surface area (Å²) in [7, 11) is 1.31. The number of likely N-dealkylation sites (tertiary alicyclic amines) is 1. The summed E-state index contributed by atoms with van der Waals surface area (Å²) in [5.74, 6) is -0.480. The number of hydrogen-bond donors (Lipinski definition) is 0. The number of halogens is 1. The Kier molecular flexibility index (Phi) is 4.79. The Morgan fingerprint density at radius 2 is 2.22 bits per heavy atom. The lowest BCUT2D eigenvalue weighted by Crippen LogP contribution is -2.25. The molecule has 0 bridgehead atoms. The van der Waals surface area contributed by atoms with Crippen molar-refractivity contribution in [2.75, 3.05) is 33.4 Å². The van der Waals surface area contributed by atoms with E-state index < -0.39 is 5.97 Å². The molecule has 1 aromatic rings. The van der Waals surface area contributed by atoms with E-state index in [1.807, 2.05) is 0 Å². The van der Waals surface area contributed by atoms with Crippen LogP contribution in [0, 0.1) is 0 Å². The largest absolute Gasteiger partial charge is 0.469 e. The van der Waals surface area contributed by atoms with E-state index in [1.54, 1.807) is 0 Å². The third-order valence-corrected chi connectivity index (χ3v) is 4.10. The zero-order valence-corrected chi connectivity index (χ0v) is 11.7. The van der Waals surface area contributed by atoms with Gasteiger partial charge in [-0.1, -0.05) is 22.9 Å². The van der Waals surface area contributed by atoms with E-state index in [9.17, 15) is 4.79 Å². The summed E-state index contributed by atoms with van der Waals surface area (Å²) >= 11 is 6.95. The summed E-state index contributed by atoms with van der Waals surface area (Å²) in [6, 6.07) is 0. The van der Waals surface area contributed by atoms with Crippen molar-refractivity contribution in [3.05, 3.63) is 10.0 Å². The van der Waals surface area contributed by atoms with Crippen LogP contribution in [-0.4, -0.2) is 49.2 Å². The number of esters is 1. The normalized spacial score (nSPS) is 15.9. The van der Waals surface area contributed by atoms with Gasteiger partial charge >= 0.3 is 5.97 Å². The lowest BCUT2D eigenvalue weighted by Gasteiger charge is -2.13. The first-order valence-electron chi connectivity index (χ1n) is 5.80. The van der Waals surface area contributed by atoms with Crippen molar-refractivity contribution in [1.29, 1.82) is 0 Å². The van der Waals surface area contributed by atoms with E-state index in [2.05, 4.69) is 14.6 Å². The Labute approximate surface area is 115 Å². The molecule has 7 heteroatoms. The summed E-state index contributed by atoms with van der Waals surface area (Å²) in [6.45, 7) is 3.71. The van der Waals surface area contributed by atoms with Crippen LogP contribution in [0.25, 0.3) is 0 Å². The van der Waals surface area contributed by atoms with Gasteiger partial charge in [0.1, 0.15) is 6.61 Å². The predicted octanol–water partition coefficient (Wildman–Crippen LogP) is 2.06. The number of nitrogens with zero attached hydrogens (tertiary/aromatic N) is 2. The van der Waals surface area contributed by atoms with Crippen LogP contribution in [0.1, 0.15) is 22.5 Å². The molecule has 1 saturated heterocycles. The van der Waals surface area contributed by atoms with Crippen LogP contribution in [0.15, 0.2) is 0 Å². The second kappa shape index (κ2) is 6.36. The molecule has 5 nitrogen and oxygen atoms in total. The van der Waals surface area contributed by atoms with E-state index >= 15 is 0 Å². The molecule has 0 saturated carbocycles. The molecule has 1 aliphatic heterocycles. The number of thiazole rings is 1. The number of carbonyl (C=O) groups is 1. The molecule has 0 aliphatic carbocycles. The highest BCUT2D eigenvalue weighted by atomic mass is 35.5. The van der Waals surface area contributed by atoms with Crippen LogP contribution in [0.4, 0.5) is 0 Å². The van der Waals surface area contributed by atoms with E-state index in [4.69, 9.17) is 16.3 Å². The molecule has 0 atom stereocenters. The third-order valence-electron chi connectivity index (χ3n) is 2.77. The fourth-order valence-corrected chi connectivity index (χ4v) is 2.90.